The molecule has 164 valence electrons. The third-order valence-corrected chi connectivity index (χ3v) is 6.05. The fourth-order valence-corrected chi connectivity index (χ4v) is 4.44. The van der Waals surface area contributed by atoms with E-state index >= 15 is 0 Å². The number of carbonyl (C=O) groups is 3. The number of benzene rings is 1. The second kappa shape index (κ2) is 9.60. The zero-order valence-corrected chi connectivity index (χ0v) is 18.3. The standard InChI is InChI=1S/C23H33N3O4/c1-18(2)17-26-22(29)25(13-7-8-16-30-3)21(28)23(26)11-14-24(15-12-23)20(27)19-9-5-4-6-10-19/h4-6,9-10,18H,7-8,11-17H2,1-3H3. The molecule has 0 saturated carbocycles. The maximum atomic E-state index is 13.4. The molecule has 4 amide bonds. The molecule has 3 rings (SSSR count). The van der Waals surface area contributed by atoms with Gasteiger partial charge in [-0.15, -0.1) is 0 Å². The van der Waals surface area contributed by atoms with Gasteiger partial charge in [0.2, 0.25) is 0 Å². The number of hydrogen-bond donors (Lipinski definition) is 0. The summed E-state index contributed by atoms with van der Waals surface area (Å²) in [5, 5.41) is 0. The summed E-state index contributed by atoms with van der Waals surface area (Å²) in [5.41, 5.74) is -0.170. The molecule has 2 fully saturated rings. The zero-order chi connectivity index (χ0) is 21.7. The second-order valence-corrected chi connectivity index (χ2v) is 8.63. The molecule has 2 aliphatic rings. The molecule has 0 radical (unpaired) electrons. The van der Waals surface area contributed by atoms with Crippen molar-refractivity contribution in [3.63, 3.8) is 0 Å². The summed E-state index contributed by atoms with van der Waals surface area (Å²) in [7, 11) is 1.65. The third kappa shape index (κ3) is 4.36. The number of amides is 4. The minimum Gasteiger partial charge on any atom is -0.385 e. The predicted molar refractivity (Wildman–Crippen MR) is 114 cm³/mol. The van der Waals surface area contributed by atoms with Gasteiger partial charge < -0.3 is 14.5 Å². The van der Waals surface area contributed by atoms with Crippen LogP contribution in [0.2, 0.25) is 0 Å². The second-order valence-electron chi connectivity index (χ2n) is 8.63. The fraction of sp³-hybridized carbons (Fsp3) is 0.609. The van der Waals surface area contributed by atoms with Gasteiger partial charge in [-0.2, -0.15) is 0 Å². The highest BCUT2D eigenvalue weighted by Crippen LogP contribution is 2.38. The summed E-state index contributed by atoms with van der Waals surface area (Å²) in [6.45, 7) is 6.64. The molecule has 0 unspecified atom stereocenters. The van der Waals surface area contributed by atoms with E-state index in [1.807, 2.05) is 30.3 Å². The number of nitrogens with zero attached hydrogens (tertiary/aromatic N) is 3. The van der Waals surface area contributed by atoms with Crippen molar-refractivity contribution in [1.82, 2.24) is 14.7 Å². The van der Waals surface area contributed by atoms with Crippen molar-refractivity contribution in [1.29, 1.82) is 0 Å². The maximum Gasteiger partial charge on any atom is 0.327 e. The average Bonchev–Trinajstić information content (AvgIpc) is 2.93. The van der Waals surface area contributed by atoms with Crippen LogP contribution in [-0.4, -0.2) is 78.0 Å². The maximum absolute atomic E-state index is 13.4. The molecule has 0 aromatic heterocycles. The number of imide groups is 1. The first kappa shape index (κ1) is 22.3. The van der Waals surface area contributed by atoms with Gasteiger partial charge >= 0.3 is 6.03 Å². The van der Waals surface area contributed by atoms with E-state index < -0.39 is 5.54 Å². The quantitative estimate of drug-likeness (QED) is 0.483. The van der Waals surface area contributed by atoms with Crippen molar-refractivity contribution in [2.45, 2.75) is 45.1 Å². The largest absolute Gasteiger partial charge is 0.385 e. The average molecular weight is 416 g/mol. The summed E-state index contributed by atoms with van der Waals surface area (Å²) in [6.07, 6.45) is 2.51. The smallest absolute Gasteiger partial charge is 0.327 e. The number of unbranched alkanes of at least 4 members (excludes halogenated alkanes) is 1. The highest BCUT2D eigenvalue weighted by Gasteiger charge is 2.57. The lowest BCUT2D eigenvalue weighted by atomic mass is 9.85. The summed E-state index contributed by atoms with van der Waals surface area (Å²) >= 11 is 0. The normalized spacial score (nSPS) is 18.7. The highest BCUT2D eigenvalue weighted by molar-refractivity contribution is 6.07. The Balaban J connectivity index is 1.74. The van der Waals surface area contributed by atoms with Gasteiger partial charge in [0, 0.05) is 45.5 Å². The van der Waals surface area contributed by atoms with Gasteiger partial charge in [0.15, 0.2) is 0 Å². The lowest BCUT2D eigenvalue weighted by Crippen LogP contribution is -2.58. The van der Waals surface area contributed by atoms with Crippen molar-refractivity contribution in [3.05, 3.63) is 35.9 Å². The van der Waals surface area contributed by atoms with Crippen LogP contribution in [-0.2, 0) is 9.53 Å². The molecule has 1 aromatic rings. The lowest BCUT2D eigenvalue weighted by molar-refractivity contribution is -0.135. The fourth-order valence-electron chi connectivity index (χ4n) is 4.44. The van der Waals surface area contributed by atoms with E-state index in [1.165, 1.54) is 4.90 Å². The number of urea groups is 1. The Kier molecular flexibility index (Phi) is 7.13. The van der Waals surface area contributed by atoms with Gasteiger partial charge in [0.25, 0.3) is 11.8 Å². The number of piperidine rings is 1. The third-order valence-electron chi connectivity index (χ3n) is 6.05. The number of carbonyl (C=O) groups excluding carboxylic acids is 3. The van der Waals surface area contributed by atoms with E-state index in [2.05, 4.69) is 13.8 Å². The topological polar surface area (TPSA) is 70.2 Å². The van der Waals surface area contributed by atoms with E-state index in [4.69, 9.17) is 4.74 Å². The molecule has 1 aromatic carbocycles. The molecule has 7 nitrogen and oxygen atoms in total. The summed E-state index contributed by atoms with van der Waals surface area (Å²) in [5.74, 6) is 0.141. The Morgan fingerprint density at radius 2 is 1.77 bits per heavy atom. The number of methoxy groups -OCH3 is 1. The highest BCUT2D eigenvalue weighted by atomic mass is 16.5. The van der Waals surface area contributed by atoms with Gasteiger partial charge in [-0.3, -0.25) is 14.5 Å². The molecular formula is C23H33N3O4. The van der Waals surface area contributed by atoms with Gasteiger partial charge in [-0.25, -0.2) is 4.79 Å². The summed E-state index contributed by atoms with van der Waals surface area (Å²) in [6, 6.07) is 9.02. The van der Waals surface area contributed by atoms with E-state index in [0.29, 0.717) is 51.2 Å². The molecule has 0 atom stereocenters. The first-order valence-electron chi connectivity index (χ1n) is 10.9. The van der Waals surface area contributed by atoms with Crippen LogP contribution in [0.4, 0.5) is 4.79 Å². The molecular weight excluding hydrogens is 382 g/mol. The van der Waals surface area contributed by atoms with Gasteiger partial charge in [0.1, 0.15) is 5.54 Å². The molecule has 1 spiro atoms. The monoisotopic (exact) mass is 415 g/mol. The van der Waals surface area contributed by atoms with Crippen molar-refractivity contribution in [3.8, 4) is 0 Å². The predicted octanol–water partition coefficient (Wildman–Crippen LogP) is 3.01. The zero-order valence-electron chi connectivity index (χ0n) is 18.3. The van der Waals surface area contributed by atoms with Crippen molar-refractivity contribution in [2.75, 3.05) is 39.9 Å². The number of ether oxygens (including phenoxy) is 1. The summed E-state index contributed by atoms with van der Waals surface area (Å²) < 4.78 is 5.08. The molecule has 30 heavy (non-hydrogen) atoms. The van der Waals surface area contributed by atoms with E-state index in [-0.39, 0.29) is 23.8 Å². The van der Waals surface area contributed by atoms with Crippen LogP contribution >= 0.6 is 0 Å². The molecule has 2 saturated heterocycles. The Bertz CT molecular complexity index is 757. The van der Waals surface area contributed by atoms with Gasteiger partial charge in [-0.1, -0.05) is 32.0 Å². The van der Waals surface area contributed by atoms with Crippen LogP contribution in [0.5, 0.6) is 0 Å². The lowest BCUT2D eigenvalue weighted by Gasteiger charge is -2.42. The Labute approximate surface area is 179 Å². The van der Waals surface area contributed by atoms with Crippen LogP contribution in [0.15, 0.2) is 30.3 Å². The Hall–Kier alpha value is -2.41. The Morgan fingerprint density at radius 1 is 1.10 bits per heavy atom. The molecule has 0 bridgehead atoms. The number of rotatable bonds is 8. The number of hydrogen-bond acceptors (Lipinski definition) is 4. The minimum atomic E-state index is -0.823. The van der Waals surface area contributed by atoms with E-state index in [1.54, 1.807) is 16.9 Å². The van der Waals surface area contributed by atoms with Crippen molar-refractivity contribution >= 4 is 17.8 Å². The van der Waals surface area contributed by atoms with Crippen LogP contribution in [0.3, 0.4) is 0 Å². The number of likely N-dealkylation sites (tertiary alicyclic amines) is 1. The van der Waals surface area contributed by atoms with Gasteiger partial charge in [-0.05, 0) is 43.7 Å². The first-order chi connectivity index (χ1) is 14.4. The van der Waals surface area contributed by atoms with Crippen molar-refractivity contribution < 1.29 is 19.1 Å². The SMILES string of the molecule is COCCCCN1C(=O)N(CC(C)C)C2(CCN(C(=O)c3ccccc3)CC2)C1=O. The van der Waals surface area contributed by atoms with Crippen LogP contribution in [0.1, 0.15) is 49.9 Å². The molecule has 0 N–H and O–H groups in total. The first-order valence-corrected chi connectivity index (χ1v) is 10.9. The molecule has 7 heteroatoms. The Morgan fingerprint density at radius 3 is 2.37 bits per heavy atom. The summed E-state index contributed by atoms with van der Waals surface area (Å²) in [4.78, 5) is 44.4. The van der Waals surface area contributed by atoms with Gasteiger partial charge in [0.05, 0.1) is 0 Å². The van der Waals surface area contributed by atoms with E-state index in [9.17, 15) is 14.4 Å². The molecule has 2 heterocycles. The van der Waals surface area contributed by atoms with Crippen molar-refractivity contribution in [2.24, 2.45) is 5.92 Å². The van der Waals surface area contributed by atoms with Crippen LogP contribution < -0.4 is 0 Å². The van der Waals surface area contributed by atoms with E-state index in [0.717, 1.165) is 12.8 Å². The van der Waals surface area contributed by atoms with Crippen LogP contribution in [0, 0.1) is 5.92 Å². The molecule has 2 aliphatic heterocycles. The molecule has 0 aliphatic carbocycles. The minimum absolute atomic E-state index is 0.0194. The van der Waals surface area contributed by atoms with Crippen LogP contribution in [0.25, 0.3) is 0 Å².